The van der Waals surface area contributed by atoms with Gasteiger partial charge in [-0.15, -0.1) is 0 Å². The van der Waals surface area contributed by atoms with E-state index in [1.807, 2.05) is 0 Å². The molecule has 1 heterocycles. The van der Waals surface area contributed by atoms with Crippen molar-refractivity contribution in [1.29, 1.82) is 0 Å². The number of rotatable bonds is 1. The summed E-state index contributed by atoms with van der Waals surface area (Å²) >= 11 is 4.91. The minimum Gasteiger partial charge on any atom is -0.343 e. The number of nitrogens with zero attached hydrogens (tertiary/aromatic N) is 3. The van der Waals surface area contributed by atoms with Gasteiger partial charge >= 0.3 is 6.17 Å². The van der Waals surface area contributed by atoms with Gasteiger partial charge in [0, 0.05) is 19.0 Å². The van der Waals surface area contributed by atoms with Crippen LogP contribution in [-0.4, -0.2) is 46.6 Å². The Morgan fingerprint density at radius 3 is 2.45 bits per heavy atom. The van der Waals surface area contributed by atoms with Gasteiger partial charge in [0.2, 0.25) is 0 Å². The molecular formula is C5H9N3O2S. The van der Waals surface area contributed by atoms with Gasteiger partial charge in [-0.25, -0.2) is 0 Å². The third kappa shape index (κ3) is 1.25. The highest BCUT2D eigenvalue weighted by Crippen LogP contribution is 2.11. The Labute approximate surface area is 69.7 Å². The minimum absolute atomic E-state index is 0.324. The molecular weight excluding hydrogens is 166 g/mol. The maximum atomic E-state index is 10.4. The van der Waals surface area contributed by atoms with E-state index in [1.54, 1.807) is 19.0 Å². The molecule has 11 heavy (non-hydrogen) atoms. The summed E-state index contributed by atoms with van der Waals surface area (Å²) in [6.45, 7) is 0.377. The van der Waals surface area contributed by atoms with E-state index in [-0.39, 0.29) is 4.92 Å². The number of likely N-dealkylation sites (N-methyl/N-ethyl adjacent to an activating group) is 2. The molecule has 1 aliphatic rings. The molecule has 0 spiro atoms. The first-order valence-electron chi connectivity index (χ1n) is 3.15. The molecule has 1 atom stereocenters. The summed E-state index contributed by atoms with van der Waals surface area (Å²) in [5.74, 6) is 0. The Morgan fingerprint density at radius 1 is 1.73 bits per heavy atom. The van der Waals surface area contributed by atoms with Crippen LogP contribution in [0.2, 0.25) is 0 Å². The van der Waals surface area contributed by atoms with Crippen LogP contribution in [0, 0.1) is 10.1 Å². The van der Waals surface area contributed by atoms with Crippen molar-refractivity contribution < 1.29 is 4.92 Å². The molecule has 0 amide bonds. The molecule has 0 bridgehead atoms. The summed E-state index contributed by atoms with van der Waals surface area (Å²) in [6.07, 6.45) is -0.674. The van der Waals surface area contributed by atoms with E-state index < -0.39 is 6.17 Å². The Kier molecular flexibility index (Phi) is 1.95. The summed E-state index contributed by atoms with van der Waals surface area (Å²) in [5, 5.41) is 10.9. The molecule has 0 aromatic heterocycles. The van der Waals surface area contributed by atoms with Crippen LogP contribution in [0.3, 0.4) is 0 Å². The van der Waals surface area contributed by atoms with Crippen LogP contribution in [0.5, 0.6) is 0 Å². The maximum absolute atomic E-state index is 10.4. The van der Waals surface area contributed by atoms with Crippen LogP contribution in [0.1, 0.15) is 0 Å². The lowest BCUT2D eigenvalue weighted by atomic mass is 10.5. The zero-order valence-electron chi connectivity index (χ0n) is 6.35. The zero-order valence-corrected chi connectivity index (χ0v) is 7.17. The van der Waals surface area contributed by atoms with Crippen molar-refractivity contribution in [1.82, 2.24) is 9.80 Å². The van der Waals surface area contributed by atoms with E-state index >= 15 is 0 Å². The summed E-state index contributed by atoms with van der Waals surface area (Å²) in [7, 11) is 3.39. The van der Waals surface area contributed by atoms with Gasteiger partial charge in [-0.2, -0.15) is 0 Å². The van der Waals surface area contributed by atoms with Crippen molar-refractivity contribution in [2.24, 2.45) is 0 Å². The first-order valence-corrected chi connectivity index (χ1v) is 3.56. The molecule has 1 unspecified atom stereocenters. The molecule has 5 nitrogen and oxygen atoms in total. The molecule has 0 saturated carbocycles. The average molecular weight is 175 g/mol. The highest BCUT2D eigenvalue weighted by atomic mass is 32.1. The fraction of sp³-hybridized carbons (Fsp3) is 0.800. The maximum Gasteiger partial charge on any atom is 0.306 e. The Bertz CT molecular complexity index is 208. The quantitative estimate of drug-likeness (QED) is 0.312. The van der Waals surface area contributed by atoms with Gasteiger partial charge in [0.05, 0.1) is 0 Å². The molecule has 1 saturated heterocycles. The first-order chi connectivity index (χ1) is 5.04. The Hall–Kier alpha value is -0.910. The number of hydrogen-bond acceptors (Lipinski definition) is 3. The van der Waals surface area contributed by atoms with Crippen LogP contribution < -0.4 is 0 Å². The van der Waals surface area contributed by atoms with E-state index in [2.05, 4.69) is 0 Å². The SMILES string of the molecule is CN1CC([N+](=O)[O-])N(C)C1=S. The van der Waals surface area contributed by atoms with Crippen LogP contribution in [0.4, 0.5) is 0 Å². The second-order valence-corrected chi connectivity index (χ2v) is 2.91. The summed E-state index contributed by atoms with van der Waals surface area (Å²) < 4.78 is 0. The second kappa shape index (κ2) is 2.61. The van der Waals surface area contributed by atoms with Crippen LogP contribution >= 0.6 is 12.2 Å². The van der Waals surface area contributed by atoms with Crippen molar-refractivity contribution in [2.75, 3.05) is 20.6 Å². The Morgan fingerprint density at radius 2 is 2.27 bits per heavy atom. The van der Waals surface area contributed by atoms with E-state index in [0.717, 1.165) is 0 Å². The van der Waals surface area contributed by atoms with Gasteiger partial charge in [0.15, 0.2) is 5.11 Å². The molecule has 0 aromatic carbocycles. The molecule has 1 aliphatic heterocycles. The lowest BCUT2D eigenvalue weighted by Crippen LogP contribution is -2.35. The highest BCUT2D eigenvalue weighted by Gasteiger charge is 2.37. The summed E-state index contributed by atoms with van der Waals surface area (Å²) in [4.78, 5) is 13.2. The summed E-state index contributed by atoms with van der Waals surface area (Å²) in [6, 6.07) is 0. The highest BCUT2D eigenvalue weighted by molar-refractivity contribution is 7.80. The van der Waals surface area contributed by atoms with Crippen molar-refractivity contribution >= 4 is 17.3 Å². The van der Waals surface area contributed by atoms with E-state index in [9.17, 15) is 10.1 Å². The normalized spacial score (nSPS) is 24.5. The summed E-state index contributed by atoms with van der Waals surface area (Å²) in [5.41, 5.74) is 0. The fourth-order valence-corrected chi connectivity index (χ4v) is 1.25. The zero-order chi connectivity index (χ0) is 8.59. The molecule has 0 aliphatic carbocycles. The minimum atomic E-state index is -0.674. The van der Waals surface area contributed by atoms with Crippen LogP contribution in [0.15, 0.2) is 0 Å². The fourth-order valence-electron chi connectivity index (χ4n) is 1.05. The molecule has 0 N–H and O–H groups in total. The van der Waals surface area contributed by atoms with Crippen LogP contribution in [-0.2, 0) is 0 Å². The lowest BCUT2D eigenvalue weighted by Gasteiger charge is -2.12. The second-order valence-electron chi connectivity index (χ2n) is 2.54. The largest absolute Gasteiger partial charge is 0.343 e. The van der Waals surface area contributed by atoms with Crippen molar-refractivity contribution in [2.45, 2.75) is 6.17 Å². The molecule has 0 radical (unpaired) electrons. The van der Waals surface area contributed by atoms with Crippen molar-refractivity contribution in [3.8, 4) is 0 Å². The van der Waals surface area contributed by atoms with Gasteiger partial charge in [-0.3, -0.25) is 15.0 Å². The van der Waals surface area contributed by atoms with Gasteiger partial charge in [0.1, 0.15) is 6.54 Å². The standard InChI is InChI=1S/C5H9N3O2S/c1-6-3-4(8(9)10)7(2)5(6)11/h4H,3H2,1-2H3. The topological polar surface area (TPSA) is 49.6 Å². The monoisotopic (exact) mass is 175 g/mol. The number of nitro groups is 1. The third-order valence-electron chi connectivity index (χ3n) is 1.76. The smallest absolute Gasteiger partial charge is 0.306 e. The van der Waals surface area contributed by atoms with Crippen LogP contribution in [0.25, 0.3) is 0 Å². The lowest BCUT2D eigenvalue weighted by molar-refractivity contribution is -0.538. The molecule has 1 rings (SSSR count). The van der Waals surface area contributed by atoms with Gasteiger partial charge < -0.3 is 4.90 Å². The van der Waals surface area contributed by atoms with Crippen molar-refractivity contribution in [3.05, 3.63) is 10.1 Å². The molecule has 6 heteroatoms. The molecule has 0 aromatic rings. The first kappa shape index (κ1) is 8.19. The van der Waals surface area contributed by atoms with Gasteiger partial charge in [-0.05, 0) is 12.2 Å². The average Bonchev–Trinajstić information content (AvgIpc) is 2.17. The predicted octanol–water partition coefficient (Wildman–Crippen LogP) is -0.249. The van der Waals surface area contributed by atoms with E-state index in [1.165, 1.54) is 4.90 Å². The number of hydrogen-bond donors (Lipinski definition) is 0. The van der Waals surface area contributed by atoms with Gasteiger partial charge in [0.25, 0.3) is 0 Å². The van der Waals surface area contributed by atoms with Crippen molar-refractivity contribution in [3.63, 3.8) is 0 Å². The Balaban J connectivity index is 2.75. The van der Waals surface area contributed by atoms with Gasteiger partial charge in [-0.1, -0.05) is 0 Å². The van der Waals surface area contributed by atoms with E-state index in [4.69, 9.17) is 12.2 Å². The third-order valence-corrected chi connectivity index (χ3v) is 2.36. The molecule has 1 fully saturated rings. The number of thiocarbonyl (C=S) groups is 1. The molecule has 62 valence electrons. The van der Waals surface area contributed by atoms with E-state index in [0.29, 0.717) is 11.7 Å². The predicted molar refractivity (Wildman–Crippen MR) is 43.8 cm³/mol.